The average Bonchev–Trinajstić information content (AvgIpc) is 2.57. The molecular weight excluding hydrogens is 306 g/mol. The predicted octanol–water partition coefficient (Wildman–Crippen LogP) is 5.11. The van der Waals surface area contributed by atoms with Crippen molar-refractivity contribution in [2.45, 2.75) is 5.92 Å². The number of rotatable bonds is 4. The lowest BCUT2D eigenvalue weighted by atomic mass is 9.90. The Hall–Kier alpha value is -2.58. The number of hydrogen-bond acceptors (Lipinski definition) is 1. The third kappa shape index (κ3) is 3.79. The summed E-state index contributed by atoms with van der Waals surface area (Å²) in [5.41, 5.74) is 2.61. The Labute approximate surface area is 140 Å². The van der Waals surface area contributed by atoms with Crippen molar-refractivity contribution in [1.82, 2.24) is 0 Å². The predicted molar refractivity (Wildman–Crippen MR) is 94.8 cm³/mol. The fourth-order valence-electron chi connectivity index (χ4n) is 2.57. The van der Waals surface area contributed by atoms with E-state index in [4.69, 9.17) is 11.6 Å². The molecule has 0 bridgehead atoms. The second-order valence-corrected chi connectivity index (χ2v) is 5.69. The molecule has 0 aliphatic carbocycles. The van der Waals surface area contributed by atoms with Gasteiger partial charge >= 0.3 is 0 Å². The summed E-state index contributed by atoms with van der Waals surface area (Å²) in [5, 5.41) is 3.55. The van der Waals surface area contributed by atoms with Crippen molar-refractivity contribution < 1.29 is 4.79 Å². The van der Waals surface area contributed by atoms with Crippen LogP contribution in [0.1, 0.15) is 17.0 Å². The summed E-state index contributed by atoms with van der Waals surface area (Å²) in [6.45, 7) is 0. The van der Waals surface area contributed by atoms with Crippen molar-refractivity contribution in [2.24, 2.45) is 0 Å². The van der Waals surface area contributed by atoms with Crippen LogP contribution in [0.25, 0.3) is 0 Å². The number of carbonyl (C=O) groups excluding carboxylic acids is 1. The van der Waals surface area contributed by atoms with E-state index in [1.165, 1.54) is 0 Å². The van der Waals surface area contributed by atoms with Crippen LogP contribution in [-0.4, -0.2) is 5.91 Å². The van der Waals surface area contributed by atoms with Crippen LogP contribution in [0.4, 0.5) is 5.69 Å². The van der Waals surface area contributed by atoms with Gasteiger partial charge in [-0.25, -0.2) is 0 Å². The minimum Gasteiger partial charge on any atom is -0.325 e. The Balaban J connectivity index is 1.94. The first-order valence-electron chi connectivity index (χ1n) is 7.40. The highest BCUT2D eigenvalue weighted by atomic mass is 35.5. The summed E-state index contributed by atoms with van der Waals surface area (Å²) in [4.78, 5) is 12.9. The summed E-state index contributed by atoms with van der Waals surface area (Å²) in [6.07, 6.45) is 0. The highest BCUT2D eigenvalue weighted by Crippen LogP contribution is 2.26. The molecule has 0 saturated carbocycles. The van der Waals surface area contributed by atoms with E-state index in [1.54, 1.807) is 12.1 Å². The number of nitrogens with one attached hydrogen (secondary N) is 1. The molecule has 3 aromatic carbocycles. The lowest BCUT2D eigenvalue weighted by Gasteiger charge is -2.18. The molecule has 114 valence electrons. The van der Waals surface area contributed by atoms with Crippen LogP contribution < -0.4 is 5.32 Å². The Morgan fingerprint density at radius 2 is 1.35 bits per heavy atom. The highest BCUT2D eigenvalue weighted by molar-refractivity contribution is 6.30. The fraction of sp³-hybridized carbons (Fsp3) is 0.0500. The molecule has 23 heavy (non-hydrogen) atoms. The molecule has 0 aliphatic rings. The SMILES string of the molecule is O=C(Nc1cccc(Cl)c1)C(c1ccccc1)c1ccccc1. The molecule has 3 heteroatoms. The van der Waals surface area contributed by atoms with Crippen molar-refractivity contribution in [3.05, 3.63) is 101 Å². The molecule has 0 saturated heterocycles. The quantitative estimate of drug-likeness (QED) is 0.710. The second-order valence-electron chi connectivity index (χ2n) is 5.25. The van der Waals surface area contributed by atoms with Crippen molar-refractivity contribution in [3.63, 3.8) is 0 Å². The van der Waals surface area contributed by atoms with Gasteiger partial charge in [-0.2, -0.15) is 0 Å². The van der Waals surface area contributed by atoms with Crippen LogP contribution in [0.15, 0.2) is 84.9 Å². The van der Waals surface area contributed by atoms with Crippen LogP contribution in [0, 0.1) is 0 Å². The normalized spacial score (nSPS) is 10.5. The maximum Gasteiger partial charge on any atom is 0.236 e. The number of amides is 1. The molecule has 0 aromatic heterocycles. The molecule has 1 amide bonds. The average molecular weight is 322 g/mol. The van der Waals surface area contributed by atoms with Crippen LogP contribution in [0.2, 0.25) is 5.02 Å². The highest BCUT2D eigenvalue weighted by Gasteiger charge is 2.22. The van der Waals surface area contributed by atoms with Gasteiger partial charge in [0.1, 0.15) is 0 Å². The van der Waals surface area contributed by atoms with Gasteiger partial charge in [0.25, 0.3) is 0 Å². The van der Waals surface area contributed by atoms with E-state index < -0.39 is 0 Å². The smallest absolute Gasteiger partial charge is 0.236 e. The summed E-state index contributed by atoms with van der Waals surface area (Å²) < 4.78 is 0. The maximum absolute atomic E-state index is 12.9. The van der Waals surface area contributed by atoms with E-state index in [-0.39, 0.29) is 11.8 Å². The Kier molecular flexibility index (Phi) is 4.74. The molecule has 0 spiro atoms. The molecule has 0 unspecified atom stereocenters. The van der Waals surface area contributed by atoms with E-state index in [9.17, 15) is 4.79 Å². The molecular formula is C20H16ClNO. The van der Waals surface area contributed by atoms with Crippen LogP contribution in [-0.2, 0) is 4.79 Å². The molecule has 0 atom stereocenters. The third-order valence-corrected chi connectivity index (χ3v) is 3.86. The number of benzene rings is 3. The van der Waals surface area contributed by atoms with Gasteiger partial charge in [0.15, 0.2) is 0 Å². The van der Waals surface area contributed by atoms with E-state index in [2.05, 4.69) is 5.32 Å². The van der Waals surface area contributed by atoms with Gasteiger partial charge < -0.3 is 5.32 Å². The molecule has 2 nitrogen and oxygen atoms in total. The minimum absolute atomic E-state index is 0.0790. The van der Waals surface area contributed by atoms with Crippen molar-refractivity contribution in [2.75, 3.05) is 5.32 Å². The first-order chi connectivity index (χ1) is 11.2. The van der Waals surface area contributed by atoms with E-state index >= 15 is 0 Å². The topological polar surface area (TPSA) is 29.1 Å². The van der Waals surface area contributed by atoms with Gasteiger partial charge in [-0.3, -0.25) is 4.79 Å². The number of halogens is 1. The van der Waals surface area contributed by atoms with Gasteiger partial charge in [-0.05, 0) is 29.3 Å². The Morgan fingerprint density at radius 3 is 1.87 bits per heavy atom. The van der Waals surface area contributed by atoms with Gasteiger partial charge in [0, 0.05) is 10.7 Å². The summed E-state index contributed by atoms with van der Waals surface area (Å²) in [5.74, 6) is -0.443. The molecule has 1 N–H and O–H groups in total. The van der Waals surface area contributed by atoms with E-state index in [1.807, 2.05) is 72.8 Å². The van der Waals surface area contributed by atoms with Crippen LogP contribution >= 0.6 is 11.6 Å². The lowest BCUT2D eigenvalue weighted by molar-refractivity contribution is -0.116. The largest absolute Gasteiger partial charge is 0.325 e. The fourth-order valence-corrected chi connectivity index (χ4v) is 2.76. The number of carbonyl (C=O) groups is 1. The molecule has 0 fully saturated rings. The maximum atomic E-state index is 12.9. The molecule has 0 aliphatic heterocycles. The first-order valence-corrected chi connectivity index (χ1v) is 7.78. The summed E-state index contributed by atoms with van der Waals surface area (Å²) in [7, 11) is 0. The van der Waals surface area contributed by atoms with E-state index in [0.717, 1.165) is 11.1 Å². The molecule has 3 aromatic rings. The van der Waals surface area contributed by atoms with Gasteiger partial charge in [0.2, 0.25) is 5.91 Å². The second kappa shape index (κ2) is 7.12. The van der Waals surface area contributed by atoms with E-state index in [0.29, 0.717) is 10.7 Å². The van der Waals surface area contributed by atoms with Crippen molar-refractivity contribution in [3.8, 4) is 0 Å². The zero-order valence-electron chi connectivity index (χ0n) is 12.4. The number of anilines is 1. The minimum atomic E-state index is -0.364. The van der Waals surface area contributed by atoms with Gasteiger partial charge in [0.05, 0.1) is 5.92 Å². The molecule has 3 rings (SSSR count). The third-order valence-electron chi connectivity index (χ3n) is 3.62. The summed E-state index contributed by atoms with van der Waals surface area (Å²) in [6, 6.07) is 26.7. The van der Waals surface area contributed by atoms with Gasteiger partial charge in [-0.15, -0.1) is 0 Å². The number of hydrogen-bond donors (Lipinski definition) is 1. The standard InChI is InChI=1S/C20H16ClNO/c21-17-12-7-13-18(14-17)22-20(23)19(15-8-3-1-4-9-15)16-10-5-2-6-11-16/h1-14,19H,(H,22,23). The van der Waals surface area contributed by atoms with Crippen molar-refractivity contribution >= 4 is 23.2 Å². The zero-order chi connectivity index (χ0) is 16.1. The lowest BCUT2D eigenvalue weighted by Crippen LogP contribution is -2.22. The van der Waals surface area contributed by atoms with Crippen LogP contribution in [0.3, 0.4) is 0 Å². The summed E-state index contributed by atoms with van der Waals surface area (Å²) >= 11 is 5.99. The Bertz CT molecular complexity index is 748. The molecule has 0 radical (unpaired) electrons. The van der Waals surface area contributed by atoms with Gasteiger partial charge in [-0.1, -0.05) is 78.3 Å². The van der Waals surface area contributed by atoms with Crippen LogP contribution in [0.5, 0.6) is 0 Å². The Morgan fingerprint density at radius 1 is 0.783 bits per heavy atom. The molecule has 0 heterocycles. The monoisotopic (exact) mass is 321 g/mol. The first kappa shape index (κ1) is 15.3. The van der Waals surface area contributed by atoms with Crippen molar-refractivity contribution in [1.29, 1.82) is 0 Å². The zero-order valence-corrected chi connectivity index (χ0v) is 13.2.